The molecule has 0 saturated carbocycles. The Balaban J connectivity index is 2.74. The van der Waals surface area contributed by atoms with Crippen LogP contribution >= 0.6 is 11.6 Å². The van der Waals surface area contributed by atoms with Crippen LogP contribution in [-0.2, 0) is 0 Å². The second-order valence-corrected chi connectivity index (χ2v) is 3.27. The summed E-state index contributed by atoms with van der Waals surface area (Å²) >= 11 is 5.62. The Morgan fingerprint density at radius 1 is 1.53 bits per heavy atom. The molecule has 0 saturated heterocycles. The predicted octanol–water partition coefficient (Wildman–Crippen LogP) is 1.92. The Hall–Kier alpha value is -1.36. The van der Waals surface area contributed by atoms with Crippen molar-refractivity contribution in [3.05, 3.63) is 28.8 Å². The average molecular weight is 235 g/mol. The van der Waals surface area contributed by atoms with Crippen molar-refractivity contribution in [2.24, 2.45) is 0 Å². The summed E-state index contributed by atoms with van der Waals surface area (Å²) in [5.74, 6) is -0.635. The van der Waals surface area contributed by atoms with Crippen LogP contribution in [0.1, 0.15) is 10.4 Å². The van der Waals surface area contributed by atoms with E-state index in [0.29, 0.717) is 5.02 Å². The lowest BCUT2D eigenvalue weighted by molar-refractivity contribution is 0.0892. The molecule has 3 N–H and O–H groups in total. The van der Waals surface area contributed by atoms with Gasteiger partial charge in [-0.3, -0.25) is 4.79 Å². The van der Waals surface area contributed by atoms with Crippen LogP contribution in [0.4, 0.5) is 14.5 Å². The zero-order valence-electron chi connectivity index (χ0n) is 7.64. The minimum Gasteiger partial charge on any atom is -0.398 e. The summed E-state index contributed by atoms with van der Waals surface area (Å²) in [7, 11) is 0. The van der Waals surface area contributed by atoms with Gasteiger partial charge in [-0.05, 0) is 18.2 Å². The van der Waals surface area contributed by atoms with Gasteiger partial charge >= 0.3 is 0 Å². The van der Waals surface area contributed by atoms with Gasteiger partial charge in [0.05, 0.1) is 12.1 Å². The minimum atomic E-state index is -2.58. The highest BCUT2D eigenvalue weighted by Crippen LogP contribution is 2.17. The lowest BCUT2D eigenvalue weighted by Gasteiger charge is -2.06. The second kappa shape index (κ2) is 4.93. The fourth-order valence-corrected chi connectivity index (χ4v) is 1.19. The normalized spacial score (nSPS) is 10.4. The first-order chi connectivity index (χ1) is 7.00. The molecule has 1 aromatic carbocycles. The first-order valence-electron chi connectivity index (χ1n) is 4.12. The zero-order valence-corrected chi connectivity index (χ0v) is 8.39. The van der Waals surface area contributed by atoms with Crippen LogP contribution in [-0.4, -0.2) is 18.9 Å². The van der Waals surface area contributed by atoms with Crippen LogP contribution in [0.25, 0.3) is 0 Å². The molecule has 0 aliphatic rings. The van der Waals surface area contributed by atoms with Gasteiger partial charge in [-0.25, -0.2) is 8.78 Å². The van der Waals surface area contributed by atoms with Gasteiger partial charge in [0.25, 0.3) is 12.3 Å². The molecule has 1 amide bonds. The molecule has 15 heavy (non-hydrogen) atoms. The fraction of sp³-hybridized carbons (Fsp3) is 0.222. The molecular weight excluding hydrogens is 226 g/mol. The zero-order chi connectivity index (χ0) is 11.4. The van der Waals surface area contributed by atoms with Crippen LogP contribution in [0.5, 0.6) is 0 Å². The summed E-state index contributed by atoms with van der Waals surface area (Å²) < 4.78 is 23.6. The van der Waals surface area contributed by atoms with E-state index in [1.165, 1.54) is 18.2 Å². The molecule has 0 heterocycles. The van der Waals surface area contributed by atoms with E-state index in [9.17, 15) is 13.6 Å². The lowest BCUT2D eigenvalue weighted by atomic mass is 10.1. The number of carbonyl (C=O) groups excluding carboxylic acids is 1. The number of hydrogen-bond acceptors (Lipinski definition) is 2. The largest absolute Gasteiger partial charge is 0.398 e. The van der Waals surface area contributed by atoms with Crippen molar-refractivity contribution in [1.29, 1.82) is 0 Å². The lowest BCUT2D eigenvalue weighted by Crippen LogP contribution is -2.29. The molecule has 0 radical (unpaired) electrons. The third-order valence-corrected chi connectivity index (χ3v) is 1.91. The summed E-state index contributed by atoms with van der Waals surface area (Å²) in [6.07, 6.45) is -2.58. The van der Waals surface area contributed by atoms with Crippen LogP contribution in [0.3, 0.4) is 0 Å². The molecule has 0 aliphatic heterocycles. The molecule has 0 aromatic heterocycles. The van der Waals surface area contributed by atoms with E-state index in [2.05, 4.69) is 0 Å². The number of nitrogens with one attached hydrogen (secondary N) is 1. The highest BCUT2D eigenvalue weighted by atomic mass is 35.5. The van der Waals surface area contributed by atoms with E-state index in [0.717, 1.165) is 0 Å². The van der Waals surface area contributed by atoms with Crippen molar-refractivity contribution < 1.29 is 13.6 Å². The second-order valence-electron chi connectivity index (χ2n) is 2.83. The summed E-state index contributed by atoms with van der Waals surface area (Å²) in [6.45, 7) is -0.694. The molecule has 0 bridgehead atoms. The molecule has 1 aromatic rings. The first kappa shape index (κ1) is 11.7. The van der Waals surface area contributed by atoms with Gasteiger partial charge < -0.3 is 11.1 Å². The fourth-order valence-electron chi connectivity index (χ4n) is 1.01. The van der Waals surface area contributed by atoms with Crippen LogP contribution in [0, 0.1) is 0 Å². The highest BCUT2D eigenvalue weighted by molar-refractivity contribution is 6.31. The van der Waals surface area contributed by atoms with Gasteiger partial charge in [0.1, 0.15) is 0 Å². The molecule has 6 heteroatoms. The monoisotopic (exact) mass is 234 g/mol. The van der Waals surface area contributed by atoms with Crippen molar-refractivity contribution in [2.45, 2.75) is 6.43 Å². The summed E-state index contributed by atoms with van der Waals surface area (Å²) in [4.78, 5) is 11.3. The number of amides is 1. The smallest absolute Gasteiger partial charge is 0.255 e. The van der Waals surface area contributed by atoms with Crippen LogP contribution < -0.4 is 11.1 Å². The van der Waals surface area contributed by atoms with E-state index in [-0.39, 0.29) is 11.3 Å². The highest BCUT2D eigenvalue weighted by Gasteiger charge is 2.11. The minimum absolute atomic E-state index is 0.139. The number of nitrogen functional groups attached to an aromatic ring is 1. The van der Waals surface area contributed by atoms with E-state index in [4.69, 9.17) is 17.3 Å². The number of nitrogens with two attached hydrogens (primary N) is 1. The Labute approximate surface area is 90.2 Å². The van der Waals surface area contributed by atoms with Crippen molar-refractivity contribution in [2.75, 3.05) is 12.3 Å². The summed E-state index contributed by atoms with van der Waals surface area (Å²) in [5, 5.41) is 2.43. The molecule has 0 unspecified atom stereocenters. The number of carbonyl (C=O) groups is 1. The molecule has 1 rings (SSSR count). The van der Waals surface area contributed by atoms with Gasteiger partial charge in [0.2, 0.25) is 0 Å². The Morgan fingerprint density at radius 2 is 2.20 bits per heavy atom. The quantitative estimate of drug-likeness (QED) is 0.785. The Morgan fingerprint density at radius 3 is 2.73 bits per heavy atom. The maximum atomic E-state index is 11.8. The Kier molecular flexibility index (Phi) is 3.85. The maximum Gasteiger partial charge on any atom is 0.255 e. The molecule has 0 spiro atoms. The van der Waals surface area contributed by atoms with E-state index < -0.39 is 18.9 Å². The first-order valence-corrected chi connectivity index (χ1v) is 4.50. The van der Waals surface area contributed by atoms with Crippen LogP contribution in [0.15, 0.2) is 18.2 Å². The maximum absolute atomic E-state index is 11.8. The van der Waals surface area contributed by atoms with Crippen molar-refractivity contribution in [1.82, 2.24) is 5.32 Å². The van der Waals surface area contributed by atoms with Crippen molar-refractivity contribution in [3.63, 3.8) is 0 Å². The third kappa shape index (κ3) is 3.36. The molecule has 0 atom stereocenters. The van der Waals surface area contributed by atoms with Gasteiger partial charge in [-0.2, -0.15) is 0 Å². The number of halogens is 3. The summed E-state index contributed by atoms with van der Waals surface area (Å²) in [6, 6.07) is 4.24. The molecule has 0 aliphatic carbocycles. The van der Waals surface area contributed by atoms with Crippen molar-refractivity contribution >= 4 is 23.2 Å². The summed E-state index contributed by atoms with van der Waals surface area (Å²) in [5.41, 5.74) is 5.80. The Bertz CT molecular complexity index is 371. The van der Waals surface area contributed by atoms with Gasteiger partial charge in [0, 0.05) is 10.7 Å². The topological polar surface area (TPSA) is 55.1 Å². The van der Waals surface area contributed by atoms with E-state index in [1.807, 2.05) is 5.32 Å². The van der Waals surface area contributed by atoms with Gasteiger partial charge in [0.15, 0.2) is 0 Å². The number of benzene rings is 1. The SMILES string of the molecule is Nc1cc(Cl)ccc1C(=O)NCC(F)F. The van der Waals surface area contributed by atoms with Gasteiger partial charge in [-0.15, -0.1) is 0 Å². The predicted molar refractivity (Wildman–Crippen MR) is 54.2 cm³/mol. The number of anilines is 1. The number of hydrogen-bond donors (Lipinski definition) is 2. The standard InChI is InChI=1S/C9H9ClF2N2O/c10-5-1-2-6(7(13)3-5)9(15)14-4-8(11)12/h1-3,8H,4,13H2,(H,14,15). The van der Waals surface area contributed by atoms with E-state index in [1.54, 1.807) is 0 Å². The third-order valence-electron chi connectivity index (χ3n) is 1.68. The average Bonchev–Trinajstić information content (AvgIpc) is 2.14. The van der Waals surface area contributed by atoms with Crippen LogP contribution in [0.2, 0.25) is 5.02 Å². The molecule has 0 fully saturated rings. The van der Waals surface area contributed by atoms with Gasteiger partial charge in [-0.1, -0.05) is 11.6 Å². The molecule has 3 nitrogen and oxygen atoms in total. The number of rotatable bonds is 3. The molecular formula is C9H9ClF2N2O. The van der Waals surface area contributed by atoms with E-state index >= 15 is 0 Å². The molecule has 82 valence electrons. The number of alkyl halides is 2. The van der Waals surface area contributed by atoms with Crippen molar-refractivity contribution in [3.8, 4) is 0 Å².